The Morgan fingerprint density at radius 3 is 2.63 bits per heavy atom. The molecule has 0 unspecified atom stereocenters. The van der Waals surface area contributed by atoms with Crippen molar-refractivity contribution in [3.8, 4) is 17.0 Å². The second-order valence-electron chi connectivity index (χ2n) is 7.17. The number of thiazole rings is 1. The number of rotatable bonds is 6. The molecule has 0 spiro atoms. The van der Waals surface area contributed by atoms with Crippen LogP contribution in [0.25, 0.3) is 21.3 Å². The van der Waals surface area contributed by atoms with Crippen LogP contribution >= 0.6 is 11.3 Å². The van der Waals surface area contributed by atoms with Gasteiger partial charge in [0.25, 0.3) is 5.91 Å². The molecule has 0 bridgehead atoms. The number of nitrogens with one attached hydrogen (secondary N) is 1. The molecule has 4 aromatic rings. The average molecular weight is 423 g/mol. The van der Waals surface area contributed by atoms with Crippen molar-refractivity contribution in [2.75, 3.05) is 26.5 Å². The molecule has 1 amide bonds. The van der Waals surface area contributed by atoms with Crippen molar-refractivity contribution >= 4 is 32.6 Å². The minimum Gasteiger partial charge on any atom is -0.479 e. The summed E-state index contributed by atoms with van der Waals surface area (Å²) in [6.45, 7) is 0.823. The molecule has 0 saturated heterocycles. The summed E-state index contributed by atoms with van der Waals surface area (Å²) in [4.78, 5) is 23.7. The first-order valence-electron chi connectivity index (χ1n) is 9.32. The van der Waals surface area contributed by atoms with Crippen LogP contribution in [-0.4, -0.2) is 51.8 Å². The van der Waals surface area contributed by atoms with E-state index in [0.717, 1.165) is 27.9 Å². The molecule has 4 rings (SSSR count). The largest absolute Gasteiger partial charge is 0.479 e. The minimum absolute atomic E-state index is 0.208. The van der Waals surface area contributed by atoms with Gasteiger partial charge in [-0.05, 0) is 31.8 Å². The summed E-state index contributed by atoms with van der Waals surface area (Å²) >= 11 is 1.39. The van der Waals surface area contributed by atoms with E-state index >= 15 is 0 Å². The van der Waals surface area contributed by atoms with Crippen molar-refractivity contribution < 1.29 is 9.53 Å². The molecule has 8 nitrogen and oxygen atoms in total. The van der Waals surface area contributed by atoms with Crippen molar-refractivity contribution in [3.05, 3.63) is 54.0 Å². The zero-order valence-electron chi connectivity index (χ0n) is 17.2. The highest BCUT2D eigenvalue weighted by Crippen LogP contribution is 2.38. The number of hydrogen-bond donors (Lipinski definition) is 1. The van der Waals surface area contributed by atoms with Crippen LogP contribution in [0.2, 0.25) is 0 Å². The van der Waals surface area contributed by atoms with Gasteiger partial charge in [0.1, 0.15) is 5.52 Å². The quantitative estimate of drug-likeness (QED) is 0.513. The second-order valence-corrected chi connectivity index (χ2v) is 8.17. The SMILES string of the molecule is COc1ncc(-c2cnn(C)c2)c2sc(NC(=O)c3ccc(CN(C)C)cc3)nc12. The van der Waals surface area contributed by atoms with Crippen LogP contribution in [0.15, 0.2) is 42.9 Å². The van der Waals surface area contributed by atoms with Crippen molar-refractivity contribution in [3.63, 3.8) is 0 Å². The van der Waals surface area contributed by atoms with Gasteiger partial charge in [-0.25, -0.2) is 9.97 Å². The molecule has 0 saturated carbocycles. The van der Waals surface area contributed by atoms with E-state index in [1.54, 1.807) is 24.2 Å². The molecule has 0 fully saturated rings. The number of fused-ring (bicyclic) bond motifs is 1. The maximum Gasteiger partial charge on any atom is 0.257 e. The lowest BCUT2D eigenvalue weighted by atomic mass is 10.1. The van der Waals surface area contributed by atoms with Gasteiger partial charge in [-0.2, -0.15) is 5.10 Å². The maximum atomic E-state index is 12.7. The predicted octanol–water partition coefficient (Wildman–Crippen LogP) is 3.41. The number of carbonyl (C=O) groups is 1. The van der Waals surface area contributed by atoms with Gasteiger partial charge in [-0.1, -0.05) is 23.5 Å². The number of amides is 1. The number of aryl methyl sites for hydroxylation is 1. The van der Waals surface area contributed by atoms with Gasteiger partial charge < -0.3 is 9.64 Å². The second kappa shape index (κ2) is 8.21. The summed E-state index contributed by atoms with van der Waals surface area (Å²) in [6.07, 6.45) is 5.43. The highest BCUT2D eigenvalue weighted by atomic mass is 32.1. The summed E-state index contributed by atoms with van der Waals surface area (Å²) in [5, 5.41) is 7.62. The lowest BCUT2D eigenvalue weighted by Crippen LogP contribution is -2.13. The maximum absolute atomic E-state index is 12.7. The normalized spacial score (nSPS) is 11.2. The van der Waals surface area contributed by atoms with E-state index in [9.17, 15) is 4.79 Å². The lowest BCUT2D eigenvalue weighted by molar-refractivity contribution is 0.102. The molecule has 0 aliphatic carbocycles. The molecule has 0 atom stereocenters. The van der Waals surface area contributed by atoms with Crippen LogP contribution < -0.4 is 10.1 Å². The third kappa shape index (κ3) is 4.03. The summed E-state index contributed by atoms with van der Waals surface area (Å²) < 4.78 is 7.98. The molecule has 0 aliphatic rings. The molecule has 1 N–H and O–H groups in total. The van der Waals surface area contributed by atoms with E-state index in [2.05, 4.69) is 25.3 Å². The Kier molecular flexibility index (Phi) is 5.47. The summed E-state index contributed by atoms with van der Waals surface area (Å²) in [5.74, 6) is 0.211. The van der Waals surface area contributed by atoms with Gasteiger partial charge in [0, 0.05) is 42.7 Å². The van der Waals surface area contributed by atoms with E-state index in [1.807, 2.05) is 51.6 Å². The van der Waals surface area contributed by atoms with E-state index in [1.165, 1.54) is 11.3 Å². The fourth-order valence-corrected chi connectivity index (χ4v) is 4.14. The number of pyridine rings is 1. The topological polar surface area (TPSA) is 85.2 Å². The predicted molar refractivity (Wildman–Crippen MR) is 118 cm³/mol. The molecule has 0 radical (unpaired) electrons. The van der Waals surface area contributed by atoms with Crippen LogP contribution in [0.4, 0.5) is 5.13 Å². The molecule has 3 aromatic heterocycles. The number of nitrogens with zero attached hydrogens (tertiary/aromatic N) is 5. The number of ether oxygens (including phenoxy) is 1. The molecular weight excluding hydrogens is 400 g/mol. The number of carbonyl (C=O) groups excluding carboxylic acids is 1. The fraction of sp³-hybridized carbons (Fsp3) is 0.238. The van der Waals surface area contributed by atoms with E-state index in [-0.39, 0.29) is 5.91 Å². The van der Waals surface area contributed by atoms with Crippen LogP contribution in [0, 0.1) is 0 Å². The van der Waals surface area contributed by atoms with Crippen LogP contribution in [0.1, 0.15) is 15.9 Å². The third-order valence-corrected chi connectivity index (χ3v) is 5.53. The summed E-state index contributed by atoms with van der Waals surface area (Å²) in [5.41, 5.74) is 4.16. The Bertz CT molecular complexity index is 1200. The van der Waals surface area contributed by atoms with E-state index in [0.29, 0.717) is 22.1 Å². The Balaban J connectivity index is 1.64. The van der Waals surface area contributed by atoms with Crippen LogP contribution in [-0.2, 0) is 13.6 Å². The summed E-state index contributed by atoms with van der Waals surface area (Å²) in [6, 6.07) is 7.57. The van der Waals surface area contributed by atoms with E-state index < -0.39 is 0 Å². The molecule has 3 heterocycles. The van der Waals surface area contributed by atoms with Gasteiger partial charge in [0.15, 0.2) is 5.13 Å². The number of methoxy groups -OCH3 is 1. The Hall–Kier alpha value is -3.30. The van der Waals surface area contributed by atoms with Crippen molar-refractivity contribution in [1.29, 1.82) is 0 Å². The average Bonchev–Trinajstić information content (AvgIpc) is 3.33. The van der Waals surface area contributed by atoms with Gasteiger partial charge in [0.05, 0.1) is 18.0 Å². The smallest absolute Gasteiger partial charge is 0.257 e. The molecule has 9 heteroatoms. The first-order valence-corrected chi connectivity index (χ1v) is 10.1. The van der Waals surface area contributed by atoms with Crippen molar-refractivity contribution in [2.45, 2.75) is 6.54 Å². The Morgan fingerprint density at radius 1 is 1.23 bits per heavy atom. The van der Waals surface area contributed by atoms with Crippen molar-refractivity contribution in [1.82, 2.24) is 24.6 Å². The Morgan fingerprint density at radius 2 is 2.00 bits per heavy atom. The molecule has 1 aromatic carbocycles. The molecular formula is C21H22N6O2S. The van der Waals surface area contributed by atoms with Crippen LogP contribution in [0.5, 0.6) is 5.88 Å². The zero-order valence-corrected chi connectivity index (χ0v) is 18.0. The van der Waals surface area contributed by atoms with Gasteiger partial charge >= 0.3 is 0 Å². The highest BCUT2D eigenvalue weighted by molar-refractivity contribution is 7.23. The fourth-order valence-electron chi connectivity index (χ4n) is 3.16. The first-order chi connectivity index (χ1) is 14.4. The number of anilines is 1. The van der Waals surface area contributed by atoms with Gasteiger partial charge in [-0.3, -0.25) is 14.8 Å². The number of benzene rings is 1. The molecule has 0 aliphatic heterocycles. The highest BCUT2D eigenvalue weighted by Gasteiger charge is 2.18. The molecule has 30 heavy (non-hydrogen) atoms. The first kappa shape index (κ1) is 20.0. The lowest BCUT2D eigenvalue weighted by Gasteiger charge is -2.09. The zero-order chi connectivity index (χ0) is 21.3. The third-order valence-electron chi connectivity index (χ3n) is 4.53. The number of aromatic nitrogens is 4. The minimum atomic E-state index is -0.208. The standard InChI is InChI=1S/C21H22N6O2S/c1-26(2)11-13-5-7-14(8-6-13)19(28)25-21-24-17-18(30-21)16(10-22-20(17)29-4)15-9-23-27(3)12-15/h5-10,12H,11H2,1-4H3,(H,24,25,28). The van der Waals surface area contributed by atoms with E-state index in [4.69, 9.17) is 4.74 Å². The van der Waals surface area contributed by atoms with Crippen LogP contribution in [0.3, 0.4) is 0 Å². The van der Waals surface area contributed by atoms with Gasteiger partial charge in [0.2, 0.25) is 5.88 Å². The monoisotopic (exact) mass is 422 g/mol. The summed E-state index contributed by atoms with van der Waals surface area (Å²) in [7, 11) is 7.44. The van der Waals surface area contributed by atoms with Gasteiger partial charge in [-0.15, -0.1) is 0 Å². The number of hydrogen-bond acceptors (Lipinski definition) is 7. The van der Waals surface area contributed by atoms with Crippen molar-refractivity contribution in [2.24, 2.45) is 7.05 Å². The Labute approximate surface area is 178 Å². The molecule has 154 valence electrons.